The number of H-pyrrole nitrogens is 1. The van der Waals surface area contributed by atoms with Gasteiger partial charge in [-0.15, -0.1) is 0 Å². The van der Waals surface area contributed by atoms with Crippen molar-refractivity contribution in [3.8, 4) is 0 Å². The molecule has 0 atom stereocenters. The Bertz CT molecular complexity index is 845. The summed E-state index contributed by atoms with van der Waals surface area (Å²) in [6.07, 6.45) is 2.79. The minimum Gasteiger partial charge on any atom is -0.326 e. The highest BCUT2D eigenvalue weighted by molar-refractivity contribution is 7.92. The van der Waals surface area contributed by atoms with Gasteiger partial charge in [0.15, 0.2) is 0 Å². The molecule has 0 saturated carbocycles. The van der Waals surface area contributed by atoms with Crippen LogP contribution in [0.25, 0.3) is 0 Å². The summed E-state index contributed by atoms with van der Waals surface area (Å²) in [6, 6.07) is 8.61. The number of halogens is 1. The second-order valence-corrected chi connectivity index (χ2v) is 7.09. The third kappa shape index (κ3) is 2.45. The number of nitrogens with zero attached hydrogens (tertiary/aromatic N) is 1. The molecule has 1 aromatic carbocycles. The van der Waals surface area contributed by atoms with Crippen molar-refractivity contribution in [1.82, 2.24) is 4.98 Å². The van der Waals surface area contributed by atoms with Crippen LogP contribution in [0.5, 0.6) is 0 Å². The number of aromatic nitrogens is 1. The Labute approximate surface area is 127 Å². The van der Waals surface area contributed by atoms with Gasteiger partial charge < -0.3 is 4.98 Å². The Morgan fingerprint density at radius 2 is 2.00 bits per heavy atom. The van der Waals surface area contributed by atoms with E-state index in [0.717, 1.165) is 18.4 Å². The maximum Gasteiger partial charge on any atom is 0.266 e. The zero-order chi connectivity index (χ0) is 15.0. The van der Waals surface area contributed by atoms with Gasteiger partial charge in [0.25, 0.3) is 15.6 Å². The molecular weight excluding hydrogens is 312 g/mol. The summed E-state index contributed by atoms with van der Waals surface area (Å²) in [5.74, 6) is 0. The third-order valence-electron chi connectivity index (χ3n) is 3.49. The number of aryl methyl sites for hydroxylation is 1. The van der Waals surface area contributed by atoms with Crippen molar-refractivity contribution in [2.24, 2.45) is 0 Å². The monoisotopic (exact) mass is 324 g/mol. The van der Waals surface area contributed by atoms with Crippen molar-refractivity contribution in [2.45, 2.75) is 17.7 Å². The fourth-order valence-electron chi connectivity index (χ4n) is 2.46. The minimum atomic E-state index is -3.74. The molecule has 1 N–H and O–H groups in total. The van der Waals surface area contributed by atoms with Crippen LogP contribution >= 0.6 is 11.6 Å². The van der Waals surface area contributed by atoms with Crippen LogP contribution < -0.4 is 9.86 Å². The van der Waals surface area contributed by atoms with E-state index >= 15 is 0 Å². The maximum atomic E-state index is 12.8. The van der Waals surface area contributed by atoms with Gasteiger partial charge in [0, 0.05) is 12.7 Å². The van der Waals surface area contributed by atoms with Crippen LogP contribution in [0.3, 0.4) is 0 Å². The molecule has 21 heavy (non-hydrogen) atoms. The molecule has 2 aromatic rings. The summed E-state index contributed by atoms with van der Waals surface area (Å²) in [5, 5.41) is -0.138. The first-order valence-electron chi connectivity index (χ1n) is 6.49. The summed E-state index contributed by atoms with van der Waals surface area (Å²) in [5.41, 5.74) is 1.18. The van der Waals surface area contributed by atoms with Gasteiger partial charge >= 0.3 is 0 Å². The van der Waals surface area contributed by atoms with Crippen molar-refractivity contribution in [1.29, 1.82) is 0 Å². The molecule has 0 radical (unpaired) electrons. The molecule has 3 rings (SSSR count). The largest absolute Gasteiger partial charge is 0.326 e. The standard InChI is InChI=1S/C14H13ClN2O3S/c15-12-8-11(9-16-14(12)18)21(19,20)17-7-3-5-10-4-1-2-6-13(10)17/h1-2,4,6,8-9H,3,5,7H2,(H,16,18). The normalized spacial score (nSPS) is 14.8. The van der Waals surface area contributed by atoms with Gasteiger partial charge in [-0.2, -0.15) is 0 Å². The first-order chi connectivity index (χ1) is 10.00. The lowest BCUT2D eigenvalue weighted by Crippen LogP contribution is -2.35. The molecule has 0 fully saturated rings. The molecule has 2 heterocycles. The van der Waals surface area contributed by atoms with Crippen LogP contribution in [-0.4, -0.2) is 19.9 Å². The average Bonchev–Trinajstić information content (AvgIpc) is 2.49. The van der Waals surface area contributed by atoms with Crippen molar-refractivity contribution in [2.75, 3.05) is 10.8 Å². The van der Waals surface area contributed by atoms with Crippen molar-refractivity contribution >= 4 is 27.3 Å². The van der Waals surface area contributed by atoms with Gasteiger partial charge in [-0.3, -0.25) is 9.10 Å². The van der Waals surface area contributed by atoms with Crippen molar-refractivity contribution < 1.29 is 8.42 Å². The summed E-state index contributed by atoms with van der Waals surface area (Å²) in [7, 11) is -3.74. The third-order valence-corrected chi connectivity index (χ3v) is 5.56. The molecule has 1 aromatic heterocycles. The van der Waals surface area contributed by atoms with Crippen LogP contribution in [0, 0.1) is 0 Å². The fraction of sp³-hybridized carbons (Fsp3) is 0.214. The Kier molecular flexibility index (Phi) is 3.51. The van der Waals surface area contributed by atoms with Crippen LogP contribution in [0.4, 0.5) is 5.69 Å². The average molecular weight is 325 g/mol. The highest BCUT2D eigenvalue weighted by Gasteiger charge is 2.29. The number of sulfonamides is 1. The molecule has 0 unspecified atom stereocenters. The molecule has 0 saturated heterocycles. The van der Waals surface area contributed by atoms with E-state index in [1.165, 1.54) is 16.6 Å². The molecule has 0 spiro atoms. The minimum absolute atomic E-state index is 0.0104. The first kappa shape index (κ1) is 14.2. The predicted molar refractivity (Wildman–Crippen MR) is 81.4 cm³/mol. The van der Waals surface area contributed by atoms with Gasteiger partial charge in [-0.25, -0.2) is 8.42 Å². The summed E-state index contributed by atoms with van der Waals surface area (Å²) >= 11 is 5.73. The number of hydrogen-bond acceptors (Lipinski definition) is 3. The van der Waals surface area contributed by atoms with Crippen LogP contribution in [-0.2, 0) is 16.4 Å². The fourth-order valence-corrected chi connectivity index (χ4v) is 4.24. The second kappa shape index (κ2) is 5.20. The van der Waals surface area contributed by atoms with E-state index in [1.807, 2.05) is 18.2 Å². The van der Waals surface area contributed by atoms with Gasteiger partial charge in [-0.05, 0) is 30.5 Å². The molecule has 0 aliphatic carbocycles. The number of aromatic amines is 1. The lowest BCUT2D eigenvalue weighted by molar-refractivity contribution is 0.586. The van der Waals surface area contributed by atoms with Crippen LogP contribution in [0.15, 0.2) is 46.2 Å². The van der Waals surface area contributed by atoms with E-state index < -0.39 is 15.6 Å². The van der Waals surface area contributed by atoms with E-state index in [0.29, 0.717) is 12.2 Å². The van der Waals surface area contributed by atoms with Gasteiger partial charge in [0.05, 0.1) is 5.69 Å². The van der Waals surface area contributed by atoms with E-state index in [1.54, 1.807) is 6.07 Å². The smallest absolute Gasteiger partial charge is 0.266 e. The molecule has 0 bridgehead atoms. The SMILES string of the molecule is O=c1[nH]cc(S(=O)(=O)N2CCCc3ccccc32)cc1Cl. The van der Waals surface area contributed by atoms with Crippen LogP contribution in [0.1, 0.15) is 12.0 Å². The molecule has 110 valence electrons. The summed E-state index contributed by atoms with van der Waals surface area (Å²) in [6.45, 7) is 0.413. The van der Waals surface area contributed by atoms with E-state index in [4.69, 9.17) is 11.6 Å². The number of benzene rings is 1. The van der Waals surface area contributed by atoms with Crippen LogP contribution in [0.2, 0.25) is 5.02 Å². The lowest BCUT2D eigenvalue weighted by atomic mass is 10.0. The number of hydrogen-bond donors (Lipinski definition) is 1. The first-order valence-corrected chi connectivity index (χ1v) is 8.31. The summed E-state index contributed by atoms with van der Waals surface area (Å²) < 4.78 is 26.9. The van der Waals surface area contributed by atoms with Crippen molar-refractivity contribution in [3.05, 3.63) is 57.5 Å². The number of anilines is 1. The molecule has 5 nitrogen and oxygen atoms in total. The van der Waals surface area contributed by atoms with E-state index in [-0.39, 0.29) is 9.92 Å². The van der Waals surface area contributed by atoms with Gasteiger partial charge in [0.2, 0.25) is 0 Å². The van der Waals surface area contributed by atoms with Gasteiger partial charge in [-0.1, -0.05) is 29.8 Å². The molecule has 0 amide bonds. The highest BCUT2D eigenvalue weighted by atomic mass is 35.5. The Morgan fingerprint density at radius 3 is 2.76 bits per heavy atom. The zero-order valence-electron chi connectivity index (χ0n) is 11.0. The molecule has 1 aliphatic heterocycles. The Hall–Kier alpha value is -1.79. The van der Waals surface area contributed by atoms with E-state index in [2.05, 4.69) is 4.98 Å². The zero-order valence-corrected chi connectivity index (χ0v) is 12.6. The predicted octanol–water partition coefficient (Wildman–Crippen LogP) is 2.17. The van der Waals surface area contributed by atoms with Gasteiger partial charge in [0.1, 0.15) is 9.92 Å². The number of pyridine rings is 1. The number of fused-ring (bicyclic) bond motifs is 1. The topological polar surface area (TPSA) is 70.2 Å². The molecule has 1 aliphatic rings. The second-order valence-electron chi connectivity index (χ2n) is 4.82. The Balaban J connectivity index is 2.11. The lowest BCUT2D eigenvalue weighted by Gasteiger charge is -2.30. The number of para-hydroxylation sites is 1. The van der Waals surface area contributed by atoms with E-state index in [9.17, 15) is 13.2 Å². The summed E-state index contributed by atoms with van der Waals surface area (Å²) in [4.78, 5) is 13.6. The quantitative estimate of drug-likeness (QED) is 0.920. The maximum absolute atomic E-state index is 12.8. The Morgan fingerprint density at radius 1 is 1.24 bits per heavy atom. The highest BCUT2D eigenvalue weighted by Crippen LogP contribution is 2.31. The molecular formula is C14H13ClN2O3S. The number of rotatable bonds is 2. The number of nitrogens with one attached hydrogen (secondary N) is 1. The van der Waals surface area contributed by atoms with Crippen molar-refractivity contribution in [3.63, 3.8) is 0 Å². The molecule has 7 heteroatoms.